The number of furan rings is 1. The summed E-state index contributed by atoms with van der Waals surface area (Å²) < 4.78 is 15.5. The molecule has 7 heteroatoms. The molecule has 1 heterocycles. The summed E-state index contributed by atoms with van der Waals surface area (Å²) in [6.07, 6.45) is 1.85. The Hall–Kier alpha value is -2.67. The van der Waals surface area contributed by atoms with Crippen molar-refractivity contribution in [1.29, 1.82) is 0 Å². The van der Waals surface area contributed by atoms with Gasteiger partial charge in [0.1, 0.15) is 5.76 Å². The molecule has 3 N–H and O–H groups in total. The zero-order valence-corrected chi connectivity index (χ0v) is 14.0. The number of carbonyl (C=O) groups is 1. The van der Waals surface area contributed by atoms with Crippen molar-refractivity contribution >= 4 is 11.7 Å². The second-order valence-corrected chi connectivity index (χ2v) is 5.63. The zero-order valence-electron chi connectivity index (χ0n) is 14.0. The summed E-state index contributed by atoms with van der Waals surface area (Å²) >= 11 is 0. The molecule has 0 aliphatic rings. The lowest BCUT2D eigenvalue weighted by Crippen LogP contribution is -2.43. The Balaban J connectivity index is 1.89. The van der Waals surface area contributed by atoms with Crippen LogP contribution in [-0.4, -0.2) is 37.5 Å². The first kappa shape index (κ1) is 17.7. The maximum Gasteiger partial charge on any atom is 0.319 e. The van der Waals surface area contributed by atoms with Gasteiger partial charge in [0.25, 0.3) is 0 Å². The SMILES string of the molecule is COc1ccc(NC(=O)NCC(C)(O)Cc2ccco2)cc1OC. The van der Waals surface area contributed by atoms with Crippen molar-refractivity contribution < 1.29 is 23.8 Å². The van der Waals surface area contributed by atoms with Gasteiger partial charge in [-0.05, 0) is 31.2 Å². The van der Waals surface area contributed by atoms with Crippen molar-refractivity contribution in [3.63, 3.8) is 0 Å². The molecule has 7 nitrogen and oxygen atoms in total. The van der Waals surface area contributed by atoms with Gasteiger partial charge in [-0.3, -0.25) is 0 Å². The lowest BCUT2D eigenvalue weighted by molar-refractivity contribution is 0.0577. The number of carbonyl (C=O) groups excluding carboxylic acids is 1. The number of benzene rings is 1. The standard InChI is InChI=1S/C17H22N2O5/c1-17(21,10-13-5-4-8-24-13)11-18-16(20)19-12-6-7-14(22-2)15(9-12)23-3/h4-9,21H,10-11H2,1-3H3,(H2,18,19,20). The number of nitrogens with one attached hydrogen (secondary N) is 2. The van der Waals surface area contributed by atoms with Crippen molar-refractivity contribution in [2.75, 3.05) is 26.1 Å². The van der Waals surface area contributed by atoms with Gasteiger partial charge >= 0.3 is 6.03 Å². The van der Waals surface area contributed by atoms with Gasteiger partial charge in [-0.25, -0.2) is 4.79 Å². The van der Waals surface area contributed by atoms with Crippen molar-refractivity contribution in [3.05, 3.63) is 42.4 Å². The normalized spacial score (nSPS) is 13.0. The highest BCUT2D eigenvalue weighted by Gasteiger charge is 2.23. The van der Waals surface area contributed by atoms with Crippen LogP contribution >= 0.6 is 0 Å². The predicted octanol–water partition coefficient (Wildman–Crippen LogP) is 2.41. The number of hydrogen-bond acceptors (Lipinski definition) is 5. The van der Waals surface area contributed by atoms with E-state index in [1.54, 1.807) is 50.6 Å². The van der Waals surface area contributed by atoms with Crippen molar-refractivity contribution in [1.82, 2.24) is 5.32 Å². The lowest BCUT2D eigenvalue weighted by Gasteiger charge is -2.22. The Kier molecular flexibility index (Phi) is 5.70. The van der Waals surface area contributed by atoms with E-state index in [1.165, 1.54) is 7.11 Å². The molecule has 1 unspecified atom stereocenters. The maximum absolute atomic E-state index is 12.0. The highest BCUT2D eigenvalue weighted by molar-refractivity contribution is 5.89. The minimum Gasteiger partial charge on any atom is -0.493 e. The third kappa shape index (κ3) is 4.92. The van der Waals surface area contributed by atoms with Gasteiger partial charge in [0.15, 0.2) is 11.5 Å². The molecule has 0 aliphatic heterocycles. The molecule has 0 bridgehead atoms. The van der Waals surface area contributed by atoms with Gasteiger partial charge in [-0.1, -0.05) is 0 Å². The van der Waals surface area contributed by atoms with Crippen LogP contribution in [0.4, 0.5) is 10.5 Å². The molecule has 1 atom stereocenters. The Morgan fingerprint density at radius 2 is 2.00 bits per heavy atom. The van der Waals surface area contributed by atoms with Gasteiger partial charge in [-0.15, -0.1) is 0 Å². The number of hydrogen-bond donors (Lipinski definition) is 3. The second-order valence-electron chi connectivity index (χ2n) is 5.63. The van der Waals surface area contributed by atoms with Crippen LogP contribution in [0, 0.1) is 0 Å². The maximum atomic E-state index is 12.0. The van der Waals surface area contributed by atoms with Crippen LogP contribution < -0.4 is 20.1 Å². The van der Waals surface area contributed by atoms with E-state index < -0.39 is 11.6 Å². The second kappa shape index (κ2) is 7.74. The van der Waals surface area contributed by atoms with Crippen molar-refractivity contribution in [2.24, 2.45) is 0 Å². The van der Waals surface area contributed by atoms with Gasteiger partial charge in [-0.2, -0.15) is 0 Å². The molecule has 0 aliphatic carbocycles. The molecule has 0 saturated heterocycles. The predicted molar refractivity (Wildman–Crippen MR) is 89.6 cm³/mol. The number of amides is 2. The molecule has 0 spiro atoms. The smallest absolute Gasteiger partial charge is 0.319 e. The Bertz CT molecular complexity index is 668. The third-order valence-electron chi connectivity index (χ3n) is 3.41. The molecule has 24 heavy (non-hydrogen) atoms. The Morgan fingerprint density at radius 1 is 1.25 bits per heavy atom. The average Bonchev–Trinajstić information content (AvgIpc) is 3.05. The van der Waals surface area contributed by atoms with E-state index in [9.17, 15) is 9.90 Å². The van der Waals surface area contributed by atoms with Gasteiger partial charge in [0, 0.05) is 24.7 Å². The number of aliphatic hydroxyl groups is 1. The molecule has 130 valence electrons. The van der Waals surface area contributed by atoms with Crippen LogP contribution in [0.25, 0.3) is 0 Å². The van der Waals surface area contributed by atoms with Crippen LogP contribution in [-0.2, 0) is 6.42 Å². The largest absolute Gasteiger partial charge is 0.493 e. The van der Waals surface area contributed by atoms with Gasteiger partial charge in [0.05, 0.1) is 26.1 Å². The highest BCUT2D eigenvalue weighted by atomic mass is 16.5. The van der Waals surface area contributed by atoms with Crippen molar-refractivity contribution in [3.8, 4) is 11.5 Å². The fourth-order valence-corrected chi connectivity index (χ4v) is 2.21. The van der Waals surface area contributed by atoms with Crippen LogP contribution in [0.15, 0.2) is 41.0 Å². The minimum absolute atomic E-state index is 0.0762. The molecule has 1 aromatic heterocycles. The van der Waals surface area contributed by atoms with E-state index in [-0.39, 0.29) is 6.54 Å². The van der Waals surface area contributed by atoms with Crippen molar-refractivity contribution in [2.45, 2.75) is 18.9 Å². The molecule has 2 amide bonds. The van der Waals surface area contributed by atoms with E-state index in [2.05, 4.69) is 10.6 Å². The van der Waals surface area contributed by atoms with E-state index in [1.807, 2.05) is 0 Å². The van der Waals surface area contributed by atoms with Crippen LogP contribution in [0.1, 0.15) is 12.7 Å². The zero-order chi connectivity index (χ0) is 17.6. The number of urea groups is 1. The van der Waals surface area contributed by atoms with E-state index in [4.69, 9.17) is 13.9 Å². The van der Waals surface area contributed by atoms with Crippen LogP contribution in [0.5, 0.6) is 11.5 Å². The summed E-state index contributed by atoms with van der Waals surface area (Å²) in [7, 11) is 3.06. The lowest BCUT2D eigenvalue weighted by atomic mass is 10.0. The molecule has 0 radical (unpaired) electrons. The summed E-state index contributed by atoms with van der Waals surface area (Å²) in [5, 5.41) is 15.6. The molecule has 0 fully saturated rings. The molecule has 1 aromatic carbocycles. The number of methoxy groups -OCH3 is 2. The summed E-state index contributed by atoms with van der Waals surface area (Å²) in [6.45, 7) is 1.71. The molecular weight excluding hydrogens is 312 g/mol. The van der Waals surface area contributed by atoms with E-state index in [0.717, 1.165) is 0 Å². The topological polar surface area (TPSA) is 93.0 Å². The summed E-state index contributed by atoms with van der Waals surface area (Å²) in [5.74, 6) is 1.74. The molecule has 2 aromatic rings. The van der Waals surface area contributed by atoms with Gasteiger partial charge in [0.2, 0.25) is 0 Å². The van der Waals surface area contributed by atoms with Crippen LogP contribution in [0.2, 0.25) is 0 Å². The fraction of sp³-hybridized carbons (Fsp3) is 0.353. The number of ether oxygens (including phenoxy) is 2. The summed E-state index contributed by atoms with van der Waals surface area (Å²) in [4.78, 5) is 12.0. The Labute approximate surface area is 140 Å². The van der Waals surface area contributed by atoms with E-state index >= 15 is 0 Å². The first-order valence-corrected chi connectivity index (χ1v) is 7.45. The molecule has 0 saturated carbocycles. The minimum atomic E-state index is -1.12. The number of rotatable bonds is 7. The number of anilines is 1. The monoisotopic (exact) mass is 334 g/mol. The Morgan fingerprint density at radius 3 is 2.62 bits per heavy atom. The average molecular weight is 334 g/mol. The van der Waals surface area contributed by atoms with Gasteiger partial charge < -0.3 is 29.6 Å². The summed E-state index contributed by atoms with van der Waals surface area (Å²) in [6, 6.07) is 8.14. The van der Waals surface area contributed by atoms with Crippen LogP contribution in [0.3, 0.4) is 0 Å². The first-order chi connectivity index (χ1) is 11.4. The third-order valence-corrected chi connectivity index (χ3v) is 3.41. The molecule has 2 rings (SSSR count). The first-order valence-electron chi connectivity index (χ1n) is 7.45. The highest BCUT2D eigenvalue weighted by Crippen LogP contribution is 2.29. The fourth-order valence-electron chi connectivity index (χ4n) is 2.21. The van der Waals surface area contributed by atoms with E-state index in [0.29, 0.717) is 29.4 Å². The quantitative estimate of drug-likeness (QED) is 0.723. The summed E-state index contributed by atoms with van der Waals surface area (Å²) in [5.41, 5.74) is -0.567. The molecular formula is C17H22N2O5.